The smallest absolute Gasteiger partial charge is 0.228 e. The van der Waals surface area contributed by atoms with Crippen LogP contribution in [-0.2, 0) is 16.0 Å². The maximum Gasteiger partial charge on any atom is 0.228 e. The third-order valence-corrected chi connectivity index (χ3v) is 3.71. The van der Waals surface area contributed by atoms with Crippen LogP contribution in [0.1, 0.15) is 29.8 Å². The van der Waals surface area contributed by atoms with Crippen molar-refractivity contribution in [2.45, 2.75) is 20.3 Å². The minimum absolute atomic E-state index is 0.0451. The Kier molecular flexibility index (Phi) is 5.47. The molecule has 2 amide bonds. The van der Waals surface area contributed by atoms with Crippen LogP contribution in [0.4, 0.5) is 11.4 Å². The van der Waals surface area contributed by atoms with Gasteiger partial charge in [0.1, 0.15) is 0 Å². The zero-order valence-corrected chi connectivity index (χ0v) is 14.0. The Balaban J connectivity index is 2.01. The SMILES string of the molecule is CC(=O)c1cccc(NC(=O)Cc2ccc(N(C)C(C)=O)cc2)c1. The normalized spacial score (nSPS) is 10.1. The molecule has 0 heterocycles. The fourth-order valence-corrected chi connectivity index (χ4v) is 2.23. The van der Waals surface area contributed by atoms with Crippen molar-refractivity contribution < 1.29 is 14.4 Å². The van der Waals surface area contributed by atoms with Gasteiger partial charge in [0, 0.05) is 30.9 Å². The molecule has 0 spiro atoms. The molecule has 0 saturated heterocycles. The summed E-state index contributed by atoms with van der Waals surface area (Å²) >= 11 is 0. The third kappa shape index (κ3) is 4.52. The Morgan fingerprint density at radius 3 is 2.25 bits per heavy atom. The number of hydrogen-bond acceptors (Lipinski definition) is 3. The monoisotopic (exact) mass is 324 g/mol. The Morgan fingerprint density at radius 2 is 1.67 bits per heavy atom. The molecule has 0 atom stereocenters. The standard InChI is InChI=1S/C19H20N2O3/c1-13(22)16-5-4-6-17(12-16)20-19(24)11-15-7-9-18(10-8-15)21(3)14(2)23/h4-10,12H,11H2,1-3H3,(H,20,24). The highest BCUT2D eigenvalue weighted by Crippen LogP contribution is 2.15. The van der Waals surface area contributed by atoms with Crippen molar-refractivity contribution in [2.24, 2.45) is 0 Å². The van der Waals surface area contributed by atoms with Gasteiger partial charge >= 0.3 is 0 Å². The molecule has 0 fully saturated rings. The number of amides is 2. The van der Waals surface area contributed by atoms with Crippen LogP contribution < -0.4 is 10.2 Å². The number of anilines is 2. The molecule has 0 radical (unpaired) electrons. The lowest BCUT2D eigenvalue weighted by atomic mass is 10.1. The van der Waals surface area contributed by atoms with Gasteiger partial charge in [-0.15, -0.1) is 0 Å². The second-order valence-electron chi connectivity index (χ2n) is 5.61. The molecular weight excluding hydrogens is 304 g/mol. The second-order valence-corrected chi connectivity index (χ2v) is 5.61. The van der Waals surface area contributed by atoms with Crippen LogP contribution in [-0.4, -0.2) is 24.6 Å². The fraction of sp³-hybridized carbons (Fsp3) is 0.211. The number of rotatable bonds is 5. The van der Waals surface area contributed by atoms with Crippen molar-refractivity contribution in [2.75, 3.05) is 17.3 Å². The van der Waals surface area contributed by atoms with Gasteiger partial charge in [-0.2, -0.15) is 0 Å². The number of carbonyl (C=O) groups is 3. The van der Waals surface area contributed by atoms with Gasteiger partial charge in [-0.1, -0.05) is 24.3 Å². The molecule has 2 aromatic rings. The first kappa shape index (κ1) is 17.4. The van der Waals surface area contributed by atoms with E-state index in [0.29, 0.717) is 11.3 Å². The first-order valence-corrected chi connectivity index (χ1v) is 7.61. The molecule has 124 valence electrons. The molecule has 0 aromatic heterocycles. The van der Waals surface area contributed by atoms with Crippen molar-refractivity contribution >= 4 is 29.0 Å². The topological polar surface area (TPSA) is 66.5 Å². The lowest BCUT2D eigenvalue weighted by Gasteiger charge is -2.15. The molecule has 1 N–H and O–H groups in total. The van der Waals surface area contributed by atoms with E-state index in [1.165, 1.54) is 18.7 Å². The van der Waals surface area contributed by atoms with Crippen LogP contribution in [0.2, 0.25) is 0 Å². The molecule has 0 saturated carbocycles. The number of benzene rings is 2. The minimum atomic E-state index is -0.164. The van der Waals surface area contributed by atoms with Crippen molar-refractivity contribution in [1.29, 1.82) is 0 Å². The van der Waals surface area contributed by atoms with Crippen LogP contribution in [0.5, 0.6) is 0 Å². The lowest BCUT2D eigenvalue weighted by molar-refractivity contribution is -0.116. The van der Waals surface area contributed by atoms with Crippen LogP contribution in [0.25, 0.3) is 0 Å². The van der Waals surface area contributed by atoms with Crippen molar-refractivity contribution in [3.8, 4) is 0 Å². The van der Waals surface area contributed by atoms with Gasteiger partial charge in [-0.25, -0.2) is 0 Å². The summed E-state index contributed by atoms with van der Waals surface area (Å²) in [6.07, 6.45) is 0.217. The van der Waals surface area contributed by atoms with Crippen LogP contribution in [0, 0.1) is 0 Å². The molecule has 5 heteroatoms. The molecule has 2 rings (SSSR count). The van der Waals surface area contributed by atoms with Crippen molar-refractivity contribution in [3.63, 3.8) is 0 Å². The molecular formula is C19H20N2O3. The average molecular weight is 324 g/mol. The Morgan fingerprint density at radius 1 is 1.00 bits per heavy atom. The number of carbonyl (C=O) groups excluding carboxylic acids is 3. The van der Waals surface area contributed by atoms with Gasteiger partial charge in [-0.3, -0.25) is 14.4 Å². The zero-order chi connectivity index (χ0) is 17.7. The van der Waals surface area contributed by atoms with Gasteiger partial charge in [0.25, 0.3) is 0 Å². The summed E-state index contributed by atoms with van der Waals surface area (Å²) in [4.78, 5) is 36.4. The second kappa shape index (κ2) is 7.55. The summed E-state index contributed by atoms with van der Waals surface area (Å²) in [6.45, 7) is 2.98. The Labute approximate surface area is 141 Å². The first-order chi connectivity index (χ1) is 11.4. The molecule has 5 nitrogen and oxygen atoms in total. The largest absolute Gasteiger partial charge is 0.326 e. The van der Waals surface area contributed by atoms with E-state index in [4.69, 9.17) is 0 Å². The quantitative estimate of drug-likeness (QED) is 0.860. The number of nitrogens with one attached hydrogen (secondary N) is 1. The summed E-state index contributed by atoms with van der Waals surface area (Å²) in [5, 5.41) is 2.79. The predicted molar refractivity (Wildman–Crippen MR) is 94.3 cm³/mol. The van der Waals surface area contributed by atoms with Crippen LogP contribution in [0.3, 0.4) is 0 Å². The van der Waals surface area contributed by atoms with Gasteiger partial charge in [0.15, 0.2) is 5.78 Å². The maximum atomic E-state index is 12.1. The van der Waals surface area contributed by atoms with E-state index in [0.717, 1.165) is 11.3 Å². The summed E-state index contributed by atoms with van der Waals surface area (Å²) < 4.78 is 0. The van der Waals surface area contributed by atoms with Crippen LogP contribution >= 0.6 is 0 Å². The van der Waals surface area contributed by atoms with Crippen molar-refractivity contribution in [1.82, 2.24) is 0 Å². The highest BCUT2D eigenvalue weighted by Gasteiger charge is 2.08. The molecule has 2 aromatic carbocycles. The van der Waals surface area contributed by atoms with E-state index in [1.807, 2.05) is 12.1 Å². The van der Waals surface area contributed by atoms with E-state index >= 15 is 0 Å². The predicted octanol–water partition coefficient (Wildman–Crippen LogP) is 3.05. The molecule has 24 heavy (non-hydrogen) atoms. The number of hydrogen-bond donors (Lipinski definition) is 1. The first-order valence-electron chi connectivity index (χ1n) is 7.61. The highest BCUT2D eigenvalue weighted by atomic mass is 16.2. The molecule has 0 aliphatic carbocycles. The Hall–Kier alpha value is -2.95. The van der Waals surface area contributed by atoms with E-state index < -0.39 is 0 Å². The summed E-state index contributed by atoms with van der Waals surface area (Å²) in [6, 6.07) is 14.1. The lowest BCUT2D eigenvalue weighted by Crippen LogP contribution is -2.22. The Bertz CT molecular complexity index is 766. The highest BCUT2D eigenvalue weighted by molar-refractivity contribution is 5.97. The van der Waals surface area contributed by atoms with Gasteiger partial charge in [0.2, 0.25) is 11.8 Å². The molecule has 0 bridgehead atoms. The van der Waals surface area contributed by atoms with Crippen LogP contribution in [0.15, 0.2) is 48.5 Å². The van der Waals surface area contributed by atoms with E-state index in [9.17, 15) is 14.4 Å². The summed E-state index contributed by atoms with van der Waals surface area (Å²) in [5.74, 6) is -0.259. The van der Waals surface area contributed by atoms with Crippen molar-refractivity contribution in [3.05, 3.63) is 59.7 Å². The van der Waals surface area contributed by atoms with Gasteiger partial charge in [-0.05, 0) is 36.8 Å². The molecule has 0 aliphatic heterocycles. The fourth-order valence-electron chi connectivity index (χ4n) is 2.23. The number of ketones is 1. The summed E-state index contributed by atoms with van der Waals surface area (Å²) in [5.41, 5.74) is 2.78. The average Bonchev–Trinajstić information content (AvgIpc) is 2.55. The maximum absolute atomic E-state index is 12.1. The molecule has 0 unspecified atom stereocenters. The summed E-state index contributed by atoms with van der Waals surface area (Å²) in [7, 11) is 1.70. The molecule has 0 aliphatic rings. The number of Topliss-reactive ketones (excluding diaryl/α,β-unsaturated/α-hetero) is 1. The number of nitrogens with zero attached hydrogens (tertiary/aromatic N) is 1. The van der Waals surface area contributed by atoms with Gasteiger partial charge < -0.3 is 10.2 Å². The van der Waals surface area contributed by atoms with E-state index in [-0.39, 0.29) is 24.0 Å². The minimum Gasteiger partial charge on any atom is -0.326 e. The van der Waals surface area contributed by atoms with E-state index in [1.54, 1.807) is 43.4 Å². The zero-order valence-electron chi connectivity index (χ0n) is 14.0. The third-order valence-electron chi connectivity index (χ3n) is 3.71. The van der Waals surface area contributed by atoms with E-state index in [2.05, 4.69) is 5.32 Å². The van der Waals surface area contributed by atoms with Gasteiger partial charge in [0.05, 0.1) is 6.42 Å².